The number of hydrogen-bond acceptors (Lipinski definition) is 5. The van der Waals surface area contributed by atoms with E-state index in [-0.39, 0.29) is 18.5 Å². The Kier molecular flexibility index (Phi) is 7.35. The molecular formula is C18H28N4O5. The van der Waals surface area contributed by atoms with E-state index in [0.717, 1.165) is 18.5 Å². The van der Waals surface area contributed by atoms with Gasteiger partial charge in [0.25, 0.3) is 5.91 Å². The van der Waals surface area contributed by atoms with Gasteiger partial charge < -0.3 is 20.5 Å². The average molecular weight is 380 g/mol. The van der Waals surface area contributed by atoms with Crippen molar-refractivity contribution in [2.24, 2.45) is 5.92 Å². The lowest BCUT2D eigenvalue weighted by atomic mass is 10.0. The van der Waals surface area contributed by atoms with Gasteiger partial charge in [0.15, 0.2) is 0 Å². The van der Waals surface area contributed by atoms with Crippen LogP contribution in [0.4, 0.5) is 0 Å². The highest BCUT2D eigenvalue weighted by Gasteiger charge is 2.23. The summed E-state index contributed by atoms with van der Waals surface area (Å²) < 4.78 is 7.18. The largest absolute Gasteiger partial charge is 0.480 e. The van der Waals surface area contributed by atoms with Crippen molar-refractivity contribution in [3.63, 3.8) is 0 Å². The van der Waals surface area contributed by atoms with Crippen LogP contribution < -0.4 is 10.6 Å². The molecule has 0 aromatic carbocycles. The summed E-state index contributed by atoms with van der Waals surface area (Å²) in [7, 11) is 0. The Bertz CT molecular complexity index is 679. The van der Waals surface area contributed by atoms with Crippen LogP contribution in [0.2, 0.25) is 0 Å². The second kappa shape index (κ2) is 9.50. The fourth-order valence-corrected chi connectivity index (χ4v) is 3.14. The van der Waals surface area contributed by atoms with Crippen molar-refractivity contribution in [2.45, 2.75) is 52.1 Å². The Morgan fingerprint density at radius 3 is 2.59 bits per heavy atom. The molecule has 9 nitrogen and oxygen atoms in total. The van der Waals surface area contributed by atoms with Gasteiger partial charge in [0.1, 0.15) is 6.04 Å². The lowest BCUT2D eigenvalue weighted by molar-refractivity contribution is -0.142. The first-order valence-corrected chi connectivity index (χ1v) is 9.21. The van der Waals surface area contributed by atoms with Crippen molar-refractivity contribution >= 4 is 17.8 Å². The number of aliphatic carboxylic acids is 1. The van der Waals surface area contributed by atoms with E-state index in [4.69, 9.17) is 9.84 Å². The van der Waals surface area contributed by atoms with Crippen LogP contribution in [0.25, 0.3) is 0 Å². The van der Waals surface area contributed by atoms with Gasteiger partial charge in [0, 0.05) is 18.9 Å². The molecule has 0 aliphatic carbocycles. The summed E-state index contributed by atoms with van der Waals surface area (Å²) in [6.45, 7) is 6.63. The Morgan fingerprint density at radius 1 is 1.33 bits per heavy atom. The van der Waals surface area contributed by atoms with Crippen LogP contribution in [0, 0.1) is 12.8 Å². The topological polar surface area (TPSA) is 123 Å². The number of rotatable bonds is 8. The number of carboxylic acid groups (broad SMARTS) is 1. The molecule has 1 aliphatic rings. The third-order valence-electron chi connectivity index (χ3n) is 4.58. The van der Waals surface area contributed by atoms with Crippen molar-refractivity contribution in [2.75, 3.05) is 19.8 Å². The van der Waals surface area contributed by atoms with E-state index in [1.807, 2.05) is 25.5 Å². The van der Waals surface area contributed by atoms with Crippen LogP contribution in [-0.4, -0.2) is 58.5 Å². The molecule has 0 radical (unpaired) electrons. The van der Waals surface area contributed by atoms with Crippen LogP contribution in [0.5, 0.6) is 0 Å². The molecule has 0 bridgehead atoms. The predicted molar refractivity (Wildman–Crippen MR) is 97.4 cm³/mol. The normalized spacial score (nSPS) is 16.1. The van der Waals surface area contributed by atoms with Crippen molar-refractivity contribution in [1.82, 2.24) is 20.4 Å². The zero-order valence-electron chi connectivity index (χ0n) is 16.0. The van der Waals surface area contributed by atoms with Crippen LogP contribution in [0.15, 0.2) is 6.20 Å². The zero-order chi connectivity index (χ0) is 20.0. The number of nitrogens with zero attached hydrogens (tertiary/aromatic N) is 2. The Morgan fingerprint density at radius 2 is 2.00 bits per heavy atom. The summed E-state index contributed by atoms with van der Waals surface area (Å²) in [5.74, 6) is -1.90. The van der Waals surface area contributed by atoms with E-state index in [9.17, 15) is 14.4 Å². The molecule has 2 rings (SSSR count). The average Bonchev–Trinajstić information content (AvgIpc) is 3.01. The van der Waals surface area contributed by atoms with Crippen molar-refractivity contribution in [3.8, 4) is 0 Å². The molecular weight excluding hydrogens is 352 g/mol. The summed E-state index contributed by atoms with van der Waals surface area (Å²) in [6.07, 6.45) is 3.51. The zero-order valence-corrected chi connectivity index (χ0v) is 16.0. The van der Waals surface area contributed by atoms with Gasteiger partial charge in [-0.3, -0.25) is 14.3 Å². The van der Waals surface area contributed by atoms with Gasteiger partial charge in [-0.25, -0.2) is 4.79 Å². The Balaban J connectivity index is 1.90. The highest BCUT2D eigenvalue weighted by atomic mass is 16.5. The number of ether oxygens (including phenoxy) is 1. The number of hydrogen-bond donors (Lipinski definition) is 3. The number of nitrogens with one attached hydrogen (secondary N) is 2. The van der Waals surface area contributed by atoms with Gasteiger partial charge in [-0.2, -0.15) is 5.10 Å². The maximum absolute atomic E-state index is 12.4. The molecule has 1 aliphatic heterocycles. The Hall–Kier alpha value is -2.42. The summed E-state index contributed by atoms with van der Waals surface area (Å²) in [5, 5.41) is 18.5. The molecule has 1 saturated heterocycles. The van der Waals surface area contributed by atoms with E-state index in [1.54, 1.807) is 0 Å². The standard InChI is InChI=1S/C18H28N4O5/c1-11(2)8-15(18(25)26)21-16(23)10-19-17(24)14-9-20-22(12(14)3)13-4-6-27-7-5-13/h9,11,13,15H,4-8,10H2,1-3H3,(H,19,24)(H,21,23)(H,25,26)/t15-/m0/s1. The molecule has 1 atom stereocenters. The fraction of sp³-hybridized carbons (Fsp3) is 0.667. The molecule has 9 heteroatoms. The molecule has 0 saturated carbocycles. The van der Waals surface area contributed by atoms with E-state index in [1.165, 1.54) is 6.20 Å². The molecule has 2 heterocycles. The third kappa shape index (κ3) is 5.78. The van der Waals surface area contributed by atoms with Crippen LogP contribution in [-0.2, 0) is 14.3 Å². The summed E-state index contributed by atoms with van der Waals surface area (Å²) in [4.78, 5) is 35.6. The molecule has 2 amide bonds. The highest BCUT2D eigenvalue weighted by molar-refractivity contribution is 5.97. The second-order valence-corrected chi connectivity index (χ2v) is 7.20. The lowest BCUT2D eigenvalue weighted by Gasteiger charge is -2.23. The highest BCUT2D eigenvalue weighted by Crippen LogP contribution is 2.23. The van der Waals surface area contributed by atoms with Crippen LogP contribution in [0.1, 0.15) is 55.2 Å². The summed E-state index contributed by atoms with van der Waals surface area (Å²) in [5.41, 5.74) is 1.15. The molecule has 3 N–H and O–H groups in total. The maximum atomic E-state index is 12.4. The quantitative estimate of drug-likeness (QED) is 0.615. The van der Waals surface area contributed by atoms with E-state index >= 15 is 0 Å². The van der Waals surface area contributed by atoms with E-state index < -0.39 is 23.8 Å². The van der Waals surface area contributed by atoms with Crippen LogP contribution >= 0.6 is 0 Å². The smallest absolute Gasteiger partial charge is 0.326 e. The van der Waals surface area contributed by atoms with Gasteiger partial charge >= 0.3 is 5.97 Å². The van der Waals surface area contributed by atoms with Gasteiger partial charge in [-0.05, 0) is 32.1 Å². The number of carbonyl (C=O) groups is 3. The minimum atomic E-state index is -1.09. The molecule has 150 valence electrons. The van der Waals surface area contributed by atoms with Gasteiger partial charge in [-0.1, -0.05) is 13.8 Å². The molecule has 27 heavy (non-hydrogen) atoms. The molecule has 0 spiro atoms. The monoisotopic (exact) mass is 380 g/mol. The second-order valence-electron chi connectivity index (χ2n) is 7.20. The van der Waals surface area contributed by atoms with Gasteiger partial charge in [-0.15, -0.1) is 0 Å². The first-order chi connectivity index (χ1) is 12.8. The molecule has 1 aromatic heterocycles. The minimum Gasteiger partial charge on any atom is -0.480 e. The van der Waals surface area contributed by atoms with Crippen LogP contribution in [0.3, 0.4) is 0 Å². The van der Waals surface area contributed by atoms with Crippen molar-refractivity contribution in [1.29, 1.82) is 0 Å². The number of carbonyl (C=O) groups excluding carboxylic acids is 2. The fourth-order valence-electron chi connectivity index (χ4n) is 3.14. The summed E-state index contributed by atoms with van der Waals surface area (Å²) >= 11 is 0. The van der Waals surface area contributed by atoms with E-state index in [0.29, 0.717) is 25.2 Å². The molecule has 1 aromatic rings. The van der Waals surface area contributed by atoms with Gasteiger partial charge in [0.2, 0.25) is 5.91 Å². The number of carboxylic acids is 1. The molecule has 1 fully saturated rings. The molecule has 0 unspecified atom stereocenters. The SMILES string of the molecule is Cc1c(C(=O)NCC(=O)N[C@@H](CC(C)C)C(=O)O)cnn1C1CCOCC1. The summed E-state index contributed by atoms with van der Waals surface area (Å²) in [6, 6.07) is -0.761. The van der Waals surface area contributed by atoms with Gasteiger partial charge in [0.05, 0.1) is 24.3 Å². The first-order valence-electron chi connectivity index (χ1n) is 9.21. The van der Waals surface area contributed by atoms with Crippen molar-refractivity contribution in [3.05, 3.63) is 17.5 Å². The third-order valence-corrected chi connectivity index (χ3v) is 4.58. The Labute approximate surface area is 158 Å². The number of amides is 2. The first kappa shape index (κ1) is 20.9. The van der Waals surface area contributed by atoms with Crippen molar-refractivity contribution < 1.29 is 24.2 Å². The predicted octanol–water partition coefficient (Wildman–Crippen LogP) is 0.888. The lowest BCUT2D eigenvalue weighted by Crippen LogP contribution is -2.46. The minimum absolute atomic E-state index is 0.125. The maximum Gasteiger partial charge on any atom is 0.326 e. The number of aromatic nitrogens is 2. The van der Waals surface area contributed by atoms with E-state index in [2.05, 4.69) is 15.7 Å².